The lowest BCUT2D eigenvalue weighted by Gasteiger charge is -2.12. The summed E-state index contributed by atoms with van der Waals surface area (Å²) >= 11 is 1.69. The van der Waals surface area contributed by atoms with E-state index in [4.69, 9.17) is 0 Å². The third-order valence-corrected chi connectivity index (χ3v) is 9.96. The summed E-state index contributed by atoms with van der Waals surface area (Å²) in [7, 11) is -3.09. The van der Waals surface area contributed by atoms with Crippen molar-refractivity contribution in [3.05, 3.63) is 127 Å². The molecule has 4 nitrogen and oxygen atoms in total. The summed E-state index contributed by atoms with van der Waals surface area (Å²) in [6.07, 6.45) is 0. The summed E-state index contributed by atoms with van der Waals surface area (Å²) in [5, 5.41) is 1.68. The topological polar surface area (TPSA) is 68.3 Å². The van der Waals surface area contributed by atoms with Crippen LogP contribution in [0.15, 0.2) is 71.5 Å². The van der Waals surface area contributed by atoms with Gasteiger partial charge in [-0.3, -0.25) is 14.4 Å². The standard InChI is InChI=1S/C20H23O3P.C16H14OS/c1-11-7-13(3)17(14(4)8-11)19(21)24(23)20(22)18-15(5)9-12(2)10-16(18)6;1-10(2)11-7-8-15-13(9-11)16(17)12-5-3-4-6-14(12)18-15/h7-10,24H,1-6H3;3-10H,1-2H3. The van der Waals surface area contributed by atoms with Crippen LogP contribution in [0.5, 0.6) is 0 Å². The van der Waals surface area contributed by atoms with Gasteiger partial charge in [-0.25, -0.2) is 0 Å². The first-order valence-electron chi connectivity index (χ1n) is 14.0. The highest BCUT2D eigenvalue weighted by Crippen LogP contribution is 2.36. The Labute approximate surface area is 252 Å². The van der Waals surface area contributed by atoms with Crippen molar-refractivity contribution in [1.82, 2.24) is 0 Å². The molecule has 0 amide bonds. The van der Waals surface area contributed by atoms with E-state index in [1.807, 2.05) is 96.1 Å². The lowest BCUT2D eigenvalue weighted by atomic mass is 10.0. The highest BCUT2D eigenvalue weighted by molar-refractivity contribution is 7.80. The molecule has 0 N–H and O–H groups in total. The number of benzene rings is 4. The van der Waals surface area contributed by atoms with Crippen molar-refractivity contribution in [2.75, 3.05) is 0 Å². The molecule has 0 spiro atoms. The zero-order valence-corrected chi connectivity index (χ0v) is 27.3. The second-order valence-electron chi connectivity index (χ2n) is 11.4. The zero-order chi connectivity index (χ0) is 30.9. The maximum atomic E-state index is 12.7. The molecule has 0 atom stereocenters. The van der Waals surface area contributed by atoms with Crippen LogP contribution < -0.4 is 5.43 Å². The van der Waals surface area contributed by atoms with Gasteiger partial charge in [0.1, 0.15) is 0 Å². The number of carbonyl (C=O) groups is 2. The number of aryl methyl sites for hydroxylation is 6. The molecule has 0 unspecified atom stereocenters. The van der Waals surface area contributed by atoms with Gasteiger partial charge in [0.25, 0.3) is 0 Å². The summed E-state index contributed by atoms with van der Waals surface area (Å²) in [5.74, 6) is 0.449. The first-order chi connectivity index (χ1) is 19.8. The van der Waals surface area contributed by atoms with Gasteiger partial charge >= 0.3 is 0 Å². The van der Waals surface area contributed by atoms with E-state index in [2.05, 4.69) is 26.0 Å². The van der Waals surface area contributed by atoms with E-state index in [9.17, 15) is 18.9 Å². The van der Waals surface area contributed by atoms with E-state index in [1.165, 1.54) is 5.56 Å². The van der Waals surface area contributed by atoms with Gasteiger partial charge in [0.15, 0.2) is 5.43 Å². The Hall–Kier alpha value is -3.66. The molecule has 5 rings (SSSR count). The van der Waals surface area contributed by atoms with Gasteiger partial charge in [-0.15, -0.1) is 11.3 Å². The summed E-state index contributed by atoms with van der Waals surface area (Å²) in [6, 6.07) is 21.6. The predicted molar refractivity (Wildman–Crippen MR) is 179 cm³/mol. The molecule has 1 aromatic heterocycles. The highest BCUT2D eigenvalue weighted by Gasteiger charge is 2.27. The van der Waals surface area contributed by atoms with Crippen LogP contribution in [0.3, 0.4) is 0 Å². The quantitative estimate of drug-likeness (QED) is 0.150. The third kappa shape index (κ3) is 6.38. The fourth-order valence-electron chi connectivity index (χ4n) is 5.59. The molecule has 42 heavy (non-hydrogen) atoms. The van der Waals surface area contributed by atoms with Crippen LogP contribution in [0.1, 0.15) is 79.4 Å². The molecule has 0 saturated carbocycles. The molecular formula is C36H37O4PS. The molecule has 216 valence electrons. The maximum Gasteiger partial charge on any atom is 0.226 e. The van der Waals surface area contributed by atoms with Crippen molar-refractivity contribution < 1.29 is 14.2 Å². The minimum absolute atomic E-state index is 0.154. The van der Waals surface area contributed by atoms with Crippen molar-refractivity contribution in [1.29, 1.82) is 0 Å². The van der Waals surface area contributed by atoms with Gasteiger partial charge in [-0.2, -0.15) is 0 Å². The van der Waals surface area contributed by atoms with E-state index in [0.717, 1.165) is 53.6 Å². The average Bonchev–Trinajstić information content (AvgIpc) is 2.91. The molecule has 6 heteroatoms. The van der Waals surface area contributed by atoms with Crippen LogP contribution in [0, 0.1) is 41.5 Å². The largest absolute Gasteiger partial charge is 0.310 e. The lowest BCUT2D eigenvalue weighted by molar-refractivity contribution is 0.104. The molecule has 5 aromatic rings. The number of carbonyl (C=O) groups excluding carboxylic acids is 2. The van der Waals surface area contributed by atoms with E-state index < -0.39 is 18.8 Å². The van der Waals surface area contributed by atoms with Crippen molar-refractivity contribution in [2.45, 2.75) is 61.3 Å². The lowest BCUT2D eigenvalue weighted by Crippen LogP contribution is -2.08. The van der Waals surface area contributed by atoms with Crippen molar-refractivity contribution in [3.8, 4) is 0 Å². The van der Waals surface area contributed by atoms with Gasteiger partial charge in [0.2, 0.25) is 18.8 Å². The maximum absolute atomic E-state index is 12.7. The zero-order valence-electron chi connectivity index (χ0n) is 25.5. The molecule has 0 aliphatic carbocycles. The van der Waals surface area contributed by atoms with Crippen LogP contribution in [-0.4, -0.2) is 11.0 Å². The van der Waals surface area contributed by atoms with Crippen LogP contribution >= 0.6 is 19.1 Å². The van der Waals surface area contributed by atoms with Gasteiger partial charge < -0.3 is 4.57 Å². The molecule has 0 radical (unpaired) electrons. The van der Waals surface area contributed by atoms with E-state index in [-0.39, 0.29) is 5.43 Å². The summed E-state index contributed by atoms with van der Waals surface area (Å²) in [4.78, 5) is 37.9. The number of hydrogen-bond acceptors (Lipinski definition) is 5. The minimum atomic E-state index is -3.09. The van der Waals surface area contributed by atoms with E-state index >= 15 is 0 Å². The Balaban J connectivity index is 0.000000200. The smallest absolute Gasteiger partial charge is 0.226 e. The molecule has 0 aliphatic rings. The molecule has 0 aliphatic heterocycles. The summed E-state index contributed by atoms with van der Waals surface area (Å²) < 4.78 is 14.8. The van der Waals surface area contributed by atoms with Crippen molar-refractivity contribution in [2.24, 2.45) is 0 Å². The van der Waals surface area contributed by atoms with E-state index in [0.29, 0.717) is 17.0 Å². The second kappa shape index (κ2) is 12.7. The predicted octanol–water partition coefficient (Wildman–Crippen LogP) is 9.62. The van der Waals surface area contributed by atoms with Crippen molar-refractivity contribution >= 4 is 50.4 Å². The molecule has 0 bridgehead atoms. The van der Waals surface area contributed by atoms with Crippen molar-refractivity contribution in [3.63, 3.8) is 0 Å². The normalized spacial score (nSPS) is 11.2. The van der Waals surface area contributed by atoms with Crippen LogP contribution in [0.4, 0.5) is 0 Å². The number of hydrogen-bond donors (Lipinski definition) is 0. The average molecular weight is 597 g/mol. The first-order valence-corrected chi connectivity index (χ1v) is 16.3. The van der Waals surface area contributed by atoms with Gasteiger partial charge in [-0.05, 0) is 99.5 Å². The van der Waals surface area contributed by atoms with Gasteiger partial charge in [0, 0.05) is 31.3 Å². The van der Waals surface area contributed by atoms with Gasteiger partial charge in [-0.1, -0.05) is 67.4 Å². The van der Waals surface area contributed by atoms with E-state index in [1.54, 1.807) is 11.3 Å². The Morgan fingerprint density at radius 2 is 1.10 bits per heavy atom. The number of fused-ring (bicyclic) bond motifs is 2. The Morgan fingerprint density at radius 3 is 1.57 bits per heavy atom. The summed E-state index contributed by atoms with van der Waals surface area (Å²) in [5.41, 5.74) is 6.27. The Kier molecular flexibility index (Phi) is 9.45. The molecule has 4 aromatic carbocycles. The monoisotopic (exact) mass is 596 g/mol. The summed E-state index contributed by atoms with van der Waals surface area (Å²) in [6.45, 7) is 15.4. The Bertz CT molecular complexity index is 1830. The molecule has 0 fully saturated rings. The highest BCUT2D eigenvalue weighted by atomic mass is 32.1. The van der Waals surface area contributed by atoms with Crippen LogP contribution in [-0.2, 0) is 4.57 Å². The fraction of sp³-hybridized carbons (Fsp3) is 0.250. The number of rotatable bonds is 5. The van der Waals surface area contributed by atoms with Crippen LogP contribution in [0.2, 0.25) is 0 Å². The Morgan fingerprint density at radius 1 is 0.643 bits per heavy atom. The SMILES string of the molecule is CC(C)c1ccc2sc3ccccc3c(=O)c2c1.Cc1cc(C)c(C(=O)[PH](=O)C(=O)c2c(C)cc(C)cc2C)c(C)c1. The fourth-order valence-corrected chi connectivity index (χ4v) is 8.09. The molecular weight excluding hydrogens is 559 g/mol. The third-order valence-electron chi connectivity index (χ3n) is 7.49. The second-order valence-corrected chi connectivity index (χ2v) is 14.0. The van der Waals surface area contributed by atoms with Crippen LogP contribution in [0.25, 0.3) is 20.2 Å². The minimum Gasteiger partial charge on any atom is -0.310 e. The molecule has 0 saturated heterocycles. The van der Waals surface area contributed by atoms with Gasteiger partial charge in [0.05, 0.1) is 0 Å². The first kappa shape index (κ1) is 31.3. The molecule has 1 heterocycles.